The fourth-order valence-electron chi connectivity index (χ4n) is 3.18. The average molecular weight is 420 g/mol. The molecular formula is C22H18ClN5O2. The van der Waals surface area contributed by atoms with Crippen molar-refractivity contribution in [3.63, 3.8) is 0 Å². The Labute approximate surface area is 177 Å². The number of hydrogen-bond acceptors (Lipinski definition) is 4. The Balaban J connectivity index is 1.66. The highest BCUT2D eigenvalue weighted by atomic mass is 35.5. The molecule has 0 spiro atoms. The van der Waals surface area contributed by atoms with Crippen molar-refractivity contribution in [1.29, 1.82) is 0 Å². The average Bonchev–Trinajstić information content (AvgIpc) is 3.18. The van der Waals surface area contributed by atoms with E-state index >= 15 is 0 Å². The third-order valence-corrected chi connectivity index (χ3v) is 4.86. The number of fused-ring (bicyclic) bond motifs is 1. The van der Waals surface area contributed by atoms with Crippen molar-refractivity contribution in [3.8, 4) is 11.3 Å². The number of amides is 2. The molecule has 2 aromatic heterocycles. The number of hydrogen-bond donors (Lipinski definition) is 2. The lowest BCUT2D eigenvalue weighted by Crippen LogP contribution is -2.27. The number of rotatable bonds is 6. The molecular weight excluding hydrogens is 402 g/mol. The first-order valence-corrected chi connectivity index (χ1v) is 9.66. The van der Waals surface area contributed by atoms with E-state index in [0.717, 1.165) is 11.1 Å². The number of aromatic nitrogens is 3. The number of imidazole rings is 1. The molecule has 2 heterocycles. The van der Waals surface area contributed by atoms with Crippen LogP contribution < -0.4 is 11.1 Å². The molecule has 0 atom stereocenters. The van der Waals surface area contributed by atoms with Crippen LogP contribution in [0.2, 0.25) is 5.02 Å². The highest BCUT2D eigenvalue weighted by Gasteiger charge is 2.19. The second kappa shape index (κ2) is 8.34. The number of halogens is 1. The van der Waals surface area contributed by atoms with Crippen molar-refractivity contribution in [1.82, 2.24) is 19.7 Å². The van der Waals surface area contributed by atoms with Crippen molar-refractivity contribution >= 4 is 29.1 Å². The molecule has 0 fully saturated rings. The van der Waals surface area contributed by atoms with Crippen LogP contribution >= 0.6 is 11.6 Å². The monoisotopic (exact) mass is 419 g/mol. The molecule has 0 aliphatic heterocycles. The summed E-state index contributed by atoms with van der Waals surface area (Å²) < 4.78 is 1.47. The molecule has 3 N–H and O–H groups in total. The number of carbonyl (C=O) groups excluding carboxylic acids is 2. The third kappa shape index (κ3) is 4.01. The highest BCUT2D eigenvalue weighted by Crippen LogP contribution is 2.21. The maximum absolute atomic E-state index is 12.9. The van der Waals surface area contributed by atoms with E-state index in [9.17, 15) is 9.59 Å². The zero-order valence-electron chi connectivity index (χ0n) is 15.9. The summed E-state index contributed by atoms with van der Waals surface area (Å²) in [5.74, 6) is -1.02. The molecule has 4 aromatic rings. The van der Waals surface area contributed by atoms with E-state index in [0.29, 0.717) is 29.4 Å². The Kier molecular flexibility index (Phi) is 5.45. The van der Waals surface area contributed by atoms with Crippen LogP contribution in [0.5, 0.6) is 0 Å². The Morgan fingerprint density at radius 3 is 2.60 bits per heavy atom. The predicted molar refractivity (Wildman–Crippen MR) is 114 cm³/mol. The van der Waals surface area contributed by atoms with E-state index in [4.69, 9.17) is 17.3 Å². The van der Waals surface area contributed by atoms with E-state index in [-0.39, 0.29) is 17.2 Å². The van der Waals surface area contributed by atoms with Gasteiger partial charge in [-0.05, 0) is 30.2 Å². The van der Waals surface area contributed by atoms with Crippen molar-refractivity contribution < 1.29 is 9.59 Å². The third-order valence-electron chi connectivity index (χ3n) is 4.63. The zero-order chi connectivity index (χ0) is 21.1. The van der Waals surface area contributed by atoms with Crippen LogP contribution in [-0.4, -0.2) is 32.7 Å². The SMILES string of the molecule is NC(=O)c1ncn2c(C(=O)NCCc3cccc(Cl)c3)cc(-c3ccccc3)nc12. The van der Waals surface area contributed by atoms with Gasteiger partial charge in [0, 0.05) is 17.1 Å². The topological polar surface area (TPSA) is 102 Å². The van der Waals surface area contributed by atoms with E-state index in [1.165, 1.54) is 10.7 Å². The van der Waals surface area contributed by atoms with Crippen LogP contribution in [0.25, 0.3) is 16.9 Å². The zero-order valence-corrected chi connectivity index (χ0v) is 16.6. The molecule has 0 unspecified atom stereocenters. The summed E-state index contributed by atoms with van der Waals surface area (Å²) in [6.07, 6.45) is 2.01. The van der Waals surface area contributed by atoms with E-state index in [1.807, 2.05) is 48.5 Å². The fourth-order valence-corrected chi connectivity index (χ4v) is 3.39. The van der Waals surface area contributed by atoms with Gasteiger partial charge in [0.1, 0.15) is 12.0 Å². The van der Waals surface area contributed by atoms with Gasteiger partial charge in [0.05, 0.1) is 5.69 Å². The van der Waals surface area contributed by atoms with Crippen LogP contribution in [0.1, 0.15) is 26.5 Å². The lowest BCUT2D eigenvalue weighted by Gasteiger charge is -2.10. The van der Waals surface area contributed by atoms with Crippen LogP contribution in [0, 0.1) is 0 Å². The van der Waals surface area contributed by atoms with Gasteiger partial charge in [0.2, 0.25) is 0 Å². The molecule has 8 heteroatoms. The Morgan fingerprint density at radius 1 is 1.07 bits per heavy atom. The normalized spacial score (nSPS) is 10.8. The second-order valence-electron chi connectivity index (χ2n) is 6.68. The van der Waals surface area contributed by atoms with E-state index < -0.39 is 5.91 Å². The highest BCUT2D eigenvalue weighted by molar-refractivity contribution is 6.30. The lowest BCUT2D eigenvalue weighted by molar-refractivity contribution is 0.0946. The second-order valence-corrected chi connectivity index (χ2v) is 7.12. The largest absolute Gasteiger partial charge is 0.364 e. The van der Waals surface area contributed by atoms with Gasteiger partial charge in [-0.2, -0.15) is 0 Å². The van der Waals surface area contributed by atoms with Crippen LogP contribution in [0.15, 0.2) is 67.0 Å². The first kappa shape index (κ1) is 19.6. The van der Waals surface area contributed by atoms with Crippen LogP contribution in [-0.2, 0) is 6.42 Å². The minimum absolute atomic E-state index is 0.0146. The quantitative estimate of drug-likeness (QED) is 0.501. The summed E-state index contributed by atoms with van der Waals surface area (Å²) in [6, 6.07) is 18.5. The van der Waals surface area contributed by atoms with Crippen molar-refractivity contribution in [2.45, 2.75) is 6.42 Å². The Morgan fingerprint density at radius 2 is 1.87 bits per heavy atom. The van der Waals surface area contributed by atoms with Crippen LogP contribution in [0.3, 0.4) is 0 Å². The summed E-state index contributed by atoms with van der Waals surface area (Å²) in [4.78, 5) is 33.3. The molecule has 0 bridgehead atoms. The summed E-state index contributed by atoms with van der Waals surface area (Å²) >= 11 is 6.01. The van der Waals surface area contributed by atoms with Crippen LogP contribution in [0.4, 0.5) is 0 Å². The van der Waals surface area contributed by atoms with Gasteiger partial charge in [-0.1, -0.05) is 54.1 Å². The Hall–Kier alpha value is -3.71. The molecule has 0 saturated carbocycles. The minimum atomic E-state index is -0.706. The molecule has 2 aromatic carbocycles. The smallest absolute Gasteiger partial charge is 0.271 e. The van der Waals surface area contributed by atoms with Gasteiger partial charge in [-0.3, -0.25) is 14.0 Å². The maximum Gasteiger partial charge on any atom is 0.271 e. The molecule has 4 rings (SSSR count). The number of benzene rings is 2. The van der Waals surface area contributed by atoms with E-state index in [2.05, 4.69) is 15.3 Å². The number of nitrogens with one attached hydrogen (secondary N) is 1. The molecule has 0 aliphatic carbocycles. The van der Waals surface area contributed by atoms with E-state index in [1.54, 1.807) is 12.1 Å². The summed E-state index contributed by atoms with van der Waals surface area (Å²) in [6.45, 7) is 0.418. The van der Waals surface area contributed by atoms with Crippen molar-refractivity contribution in [2.75, 3.05) is 6.54 Å². The molecule has 30 heavy (non-hydrogen) atoms. The maximum atomic E-state index is 12.9. The molecule has 0 saturated heterocycles. The van der Waals surface area contributed by atoms with Gasteiger partial charge < -0.3 is 11.1 Å². The molecule has 7 nitrogen and oxygen atoms in total. The number of nitrogens with two attached hydrogens (primary N) is 1. The standard InChI is InChI=1S/C22H18ClN5O2/c23-16-8-4-5-14(11-16)9-10-25-22(30)18-12-17(15-6-2-1-3-7-15)27-21-19(20(24)29)26-13-28(18)21/h1-8,11-13H,9-10H2,(H2,24,29)(H,25,30). The van der Waals surface area contributed by atoms with Gasteiger partial charge in [-0.25, -0.2) is 9.97 Å². The first-order valence-electron chi connectivity index (χ1n) is 9.29. The fraction of sp³-hybridized carbons (Fsp3) is 0.0909. The van der Waals surface area contributed by atoms with Gasteiger partial charge in [0.25, 0.3) is 11.8 Å². The first-order chi connectivity index (χ1) is 14.5. The molecule has 0 aliphatic rings. The molecule has 150 valence electrons. The van der Waals surface area contributed by atoms with Gasteiger partial charge in [0.15, 0.2) is 11.3 Å². The number of nitrogens with zero attached hydrogens (tertiary/aromatic N) is 3. The predicted octanol–water partition coefficient (Wildman–Crippen LogP) is 3.12. The number of carbonyl (C=O) groups is 2. The Bertz CT molecular complexity index is 1240. The van der Waals surface area contributed by atoms with Crippen molar-refractivity contribution in [3.05, 3.63) is 89.0 Å². The summed E-state index contributed by atoms with van der Waals surface area (Å²) in [7, 11) is 0. The van der Waals surface area contributed by atoms with Crippen molar-refractivity contribution in [2.24, 2.45) is 5.73 Å². The minimum Gasteiger partial charge on any atom is -0.364 e. The molecule has 0 radical (unpaired) electrons. The summed E-state index contributed by atoms with van der Waals surface area (Å²) in [5, 5.41) is 3.55. The van der Waals surface area contributed by atoms with Gasteiger partial charge >= 0.3 is 0 Å². The molecule has 2 amide bonds. The number of primary amides is 1. The lowest BCUT2D eigenvalue weighted by atomic mass is 10.1. The van der Waals surface area contributed by atoms with Gasteiger partial charge in [-0.15, -0.1) is 0 Å². The summed E-state index contributed by atoms with van der Waals surface area (Å²) in [5.41, 5.74) is 8.37.